The van der Waals surface area contributed by atoms with E-state index in [1.807, 2.05) is 0 Å². The normalized spacial score (nSPS) is 21.3. The van der Waals surface area contributed by atoms with Gasteiger partial charge in [-0.2, -0.15) is 11.8 Å². The van der Waals surface area contributed by atoms with Crippen LogP contribution in [0.3, 0.4) is 0 Å². The maximum absolute atomic E-state index is 11.9. The summed E-state index contributed by atoms with van der Waals surface area (Å²) in [4.78, 5) is 12.7. The summed E-state index contributed by atoms with van der Waals surface area (Å²) in [6, 6.07) is 1.33. The monoisotopic (exact) mass is 352 g/mol. The molecule has 10 heteroatoms. The van der Waals surface area contributed by atoms with E-state index in [1.165, 1.54) is 24.8 Å². The SMILES string of the molecule is C[C@H](O)c1cc([N+](=O)[O-])c(N2CCSCC2S(C)(=O)=O)s1. The van der Waals surface area contributed by atoms with Gasteiger partial charge in [0.25, 0.3) is 0 Å². The number of sulfone groups is 1. The van der Waals surface area contributed by atoms with Gasteiger partial charge in [0.2, 0.25) is 0 Å². The summed E-state index contributed by atoms with van der Waals surface area (Å²) in [5, 5.41) is 20.4. The van der Waals surface area contributed by atoms with Crippen molar-refractivity contribution in [2.75, 3.05) is 29.2 Å². The van der Waals surface area contributed by atoms with Gasteiger partial charge in [0.1, 0.15) is 5.37 Å². The molecule has 1 fully saturated rings. The second-order valence-corrected chi connectivity index (χ2v) is 9.24. The topological polar surface area (TPSA) is 101 Å². The Morgan fingerprint density at radius 1 is 1.57 bits per heavy atom. The molecule has 0 aromatic carbocycles. The summed E-state index contributed by atoms with van der Waals surface area (Å²) < 4.78 is 23.8. The lowest BCUT2D eigenvalue weighted by atomic mass is 10.3. The number of nitro groups is 1. The van der Waals surface area contributed by atoms with Crippen LogP contribution in [0.15, 0.2) is 6.07 Å². The first kappa shape index (κ1) is 16.5. The molecule has 1 unspecified atom stereocenters. The van der Waals surface area contributed by atoms with Gasteiger partial charge in [-0.25, -0.2) is 8.42 Å². The number of thiophene rings is 1. The third-order valence-electron chi connectivity index (χ3n) is 3.16. The highest BCUT2D eigenvalue weighted by atomic mass is 32.2. The molecular formula is C11H16N2O5S3. The fourth-order valence-electron chi connectivity index (χ4n) is 2.10. The number of anilines is 1. The van der Waals surface area contributed by atoms with Crippen molar-refractivity contribution in [1.82, 2.24) is 0 Å². The zero-order valence-electron chi connectivity index (χ0n) is 11.6. The standard InChI is InChI=1S/C11H16N2O5S3/c1-7(14)9-5-8(13(15)16)11(20-9)12-3-4-19-6-10(12)21(2,17)18/h5,7,10,14H,3-4,6H2,1-2H3/t7-,10?/m0/s1. The van der Waals surface area contributed by atoms with Crippen molar-refractivity contribution >= 4 is 43.6 Å². The van der Waals surface area contributed by atoms with Crippen LogP contribution in [0, 0.1) is 10.1 Å². The van der Waals surface area contributed by atoms with Gasteiger partial charge >= 0.3 is 5.69 Å². The highest BCUT2D eigenvalue weighted by Crippen LogP contribution is 2.42. The van der Waals surface area contributed by atoms with E-state index in [0.29, 0.717) is 27.9 Å². The minimum absolute atomic E-state index is 0.142. The van der Waals surface area contributed by atoms with Crippen molar-refractivity contribution in [1.29, 1.82) is 0 Å². The zero-order chi connectivity index (χ0) is 15.8. The van der Waals surface area contributed by atoms with Crippen LogP contribution in [0.2, 0.25) is 0 Å². The van der Waals surface area contributed by atoms with Crippen LogP contribution in [0.25, 0.3) is 0 Å². The van der Waals surface area contributed by atoms with E-state index in [-0.39, 0.29) is 5.69 Å². The summed E-state index contributed by atoms with van der Waals surface area (Å²) in [5.41, 5.74) is -0.142. The van der Waals surface area contributed by atoms with E-state index < -0.39 is 26.2 Å². The number of hydrogen-bond acceptors (Lipinski definition) is 8. The summed E-state index contributed by atoms with van der Waals surface area (Å²) in [7, 11) is -3.35. The molecule has 21 heavy (non-hydrogen) atoms. The molecule has 1 aromatic heterocycles. The lowest BCUT2D eigenvalue weighted by Gasteiger charge is -2.34. The number of aliphatic hydroxyl groups excluding tert-OH is 1. The van der Waals surface area contributed by atoms with Crippen molar-refractivity contribution in [3.05, 3.63) is 21.1 Å². The largest absolute Gasteiger partial charge is 0.388 e. The van der Waals surface area contributed by atoms with E-state index in [0.717, 1.165) is 17.6 Å². The van der Waals surface area contributed by atoms with Gasteiger partial charge in [-0.05, 0) is 6.92 Å². The summed E-state index contributed by atoms with van der Waals surface area (Å²) in [6.45, 7) is 1.96. The Hall–Kier alpha value is -0.840. The van der Waals surface area contributed by atoms with E-state index in [1.54, 1.807) is 4.90 Å². The molecule has 0 amide bonds. The van der Waals surface area contributed by atoms with Gasteiger partial charge in [-0.3, -0.25) is 10.1 Å². The molecule has 1 N–H and O–H groups in total. The molecule has 1 aromatic rings. The van der Waals surface area contributed by atoms with E-state index >= 15 is 0 Å². The summed E-state index contributed by atoms with van der Waals surface area (Å²) >= 11 is 2.60. The lowest BCUT2D eigenvalue weighted by Crippen LogP contribution is -2.46. The van der Waals surface area contributed by atoms with Crippen molar-refractivity contribution in [2.24, 2.45) is 0 Å². The third kappa shape index (κ3) is 3.50. The van der Waals surface area contributed by atoms with Gasteiger partial charge in [0.15, 0.2) is 14.8 Å². The second kappa shape index (κ2) is 6.11. The van der Waals surface area contributed by atoms with Gasteiger partial charge < -0.3 is 10.0 Å². The maximum Gasteiger partial charge on any atom is 0.304 e. The molecule has 0 radical (unpaired) electrons. The smallest absolute Gasteiger partial charge is 0.304 e. The average Bonchev–Trinajstić information content (AvgIpc) is 2.83. The highest BCUT2D eigenvalue weighted by molar-refractivity contribution is 8.01. The van der Waals surface area contributed by atoms with Gasteiger partial charge in [-0.1, -0.05) is 0 Å². The Labute approximate surface area is 131 Å². The molecule has 0 saturated carbocycles. The fraction of sp³-hybridized carbons (Fsp3) is 0.636. The molecule has 2 rings (SSSR count). The number of aliphatic hydroxyl groups is 1. The molecule has 0 bridgehead atoms. The molecule has 1 aliphatic rings. The molecule has 118 valence electrons. The minimum Gasteiger partial charge on any atom is -0.388 e. The predicted octanol–water partition coefficient (Wildman–Crippen LogP) is 1.63. The van der Waals surface area contributed by atoms with Crippen molar-refractivity contribution in [3.63, 3.8) is 0 Å². The Bertz CT molecular complexity index is 640. The second-order valence-electron chi connectivity index (χ2n) is 4.82. The highest BCUT2D eigenvalue weighted by Gasteiger charge is 2.36. The number of rotatable bonds is 4. The fourth-order valence-corrected chi connectivity index (χ4v) is 6.13. The van der Waals surface area contributed by atoms with Crippen molar-refractivity contribution < 1.29 is 18.4 Å². The Balaban J connectivity index is 2.49. The summed E-state index contributed by atoms with van der Waals surface area (Å²) in [6.07, 6.45) is 0.323. The Kier molecular flexibility index (Phi) is 4.81. The van der Waals surface area contributed by atoms with Crippen LogP contribution >= 0.6 is 23.1 Å². The van der Waals surface area contributed by atoms with E-state index in [2.05, 4.69) is 0 Å². The molecule has 7 nitrogen and oxygen atoms in total. The average molecular weight is 352 g/mol. The third-order valence-corrected chi connectivity index (χ3v) is 7.14. The molecule has 2 heterocycles. The molecule has 0 aliphatic carbocycles. The van der Waals surface area contributed by atoms with Crippen LogP contribution < -0.4 is 4.90 Å². The van der Waals surface area contributed by atoms with Crippen LogP contribution in [0.4, 0.5) is 10.7 Å². The van der Waals surface area contributed by atoms with E-state index in [4.69, 9.17) is 0 Å². The molecule has 1 saturated heterocycles. The van der Waals surface area contributed by atoms with Crippen molar-refractivity contribution in [3.8, 4) is 0 Å². The minimum atomic E-state index is -3.35. The first-order valence-electron chi connectivity index (χ1n) is 6.21. The van der Waals surface area contributed by atoms with Crippen molar-refractivity contribution in [2.45, 2.75) is 18.4 Å². The van der Waals surface area contributed by atoms with Gasteiger partial charge in [0, 0.05) is 35.2 Å². The van der Waals surface area contributed by atoms with Gasteiger partial charge in [0.05, 0.1) is 11.0 Å². The molecule has 0 spiro atoms. The zero-order valence-corrected chi connectivity index (χ0v) is 14.0. The first-order chi connectivity index (χ1) is 9.71. The van der Waals surface area contributed by atoms with Crippen LogP contribution in [-0.4, -0.2) is 48.1 Å². The first-order valence-corrected chi connectivity index (χ1v) is 10.1. The number of nitrogens with zero attached hydrogens (tertiary/aromatic N) is 2. The predicted molar refractivity (Wildman–Crippen MR) is 84.9 cm³/mol. The number of thioether (sulfide) groups is 1. The molecular weight excluding hydrogens is 336 g/mol. The van der Waals surface area contributed by atoms with E-state index in [9.17, 15) is 23.6 Å². The van der Waals surface area contributed by atoms with Crippen LogP contribution in [0.1, 0.15) is 17.9 Å². The van der Waals surface area contributed by atoms with Crippen LogP contribution in [0.5, 0.6) is 0 Å². The van der Waals surface area contributed by atoms with Gasteiger partial charge in [-0.15, -0.1) is 11.3 Å². The molecule has 1 aliphatic heterocycles. The lowest BCUT2D eigenvalue weighted by molar-refractivity contribution is -0.383. The van der Waals surface area contributed by atoms with Crippen LogP contribution in [-0.2, 0) is 9.84 Å². The number of hydrogen-bond donors (Lipinski definition) is 1. The quantitative estimate of drug-likeness (QED) is 0.649. The summed E-state index contributed by atoms with van der Waals surface area (Å²) in [5.74, 6) is 1.10. The Morgan fingerprint density at radius 2 is 2.24 bits per heavy atom. The molecule has 2 atom stereocenters. The Morgan fingerprint density at radius 3 is 2.76 bits per heavy atom. The maximum atomic E-state index is 11.9.